The highest BCUT2D eigenvalue weighted by Gasteiger charge is 2.27. The van der Waals surface area contributed by atoms with Gasteiger partial charge in [-0.1, -0.05) is 13.5 Å². The third-order valence-electron chi connectivity index (χ3n) is 7.02. The van der Waals surface area contributed by atoms with Crippen molar-refractivity contribution < 1.29 is 13.9 Å². The summed E-state index contributed by atoms with van der Waals surface area (Å²) in [6.07, 6.45) is 5.07. The summed E-state index contributed by atoms with van der Waals surface area (Å²) in [6, 6.07) is 8.20. The number of fused-ring (bicyclic) bond motifs is 1. The molecule has 0 bridgehead atoms. The lowest BCUT2D eigenvalue weighted by Crippen LogP contribution is -2.50. The van der Waals surface area contributed by atoms with Crippen LogP contribution >= 0.6 is 0 Å². The zero-order valence-corrected chi connectivity index (χ0v) is 23.5. The first kappa shape index (κ1) is 28.3. The number of piperidine rings is 1. The quantitative estimate of drug-likeness (QED) is 0.148. The molecule has 0 radical (unpaired) electrons. The van der Waals surface area contributed by atoms with Gasteiger partial charge in [-0.15, -0.1) is 0 Å². The summed E-state index contributed by atoms with van der Waals surface area (Å²) in [5.41, 5.74) is 9.85. The number of rotatable bonds is 9. The molecule has 0 aliphatic carbocycles. The first-order valence-electron chi connectivity index (χ1n) is 13.4. The second kappa shape index (κ2) is 12.1. The summed E-state index contributed by atoms with van der Waals surface area (Å²) in [7, 11) is 1.74. The molecule has 4 aromatic rings. The number of aromatic nitrogens is 4. The second-order valence-corrected chi connectivity index (χ2v) is 10.1. The average Bonchev–Trinajstić information content (AvgIpc) is 3.00. The zero-order valence-electron chi connectivity index (χ0n) is 23.5. The molecule has 1 unspecified atom stereocenters. The van der Waals surface area contributed by atoms with Gasteiger partial charge in [-0.25, -0.2) is 29.9 Å². The molecule has 12 nitrogen and oxygen atoms in total. The van der Waals surface area contributed by atoms with E-state index in [2.05, 4.69) is 49.5 Å². The standard InChI is InChI=1S/C29H31FN10O2/c1-5-25(41)36-18-10-16(2)13-40(14-18)29-33-12-23-27(38-29)28(35-15-34-23)37-21-8-9-24(17(3)26(21)30)42-19-6-7-20(32-4)22(11-19)39-31/h5-9,11-12,15-16,18,31-32H,1,10,13-14H2,2-4H3,(H,36,41)(H,34,35,37)/t16-,18?/m0/s1. The Morgan fingerprint density at radius 1 is 1.21 bits per heavy atom. The van der Waals surface area contributed by atoms with E-state index in [0.717, 1.165) is 6.42 Å². The number of hydrogen-bond donors (Lipinski definition) is 4. The summed E-state index contributed by atoms with van der Waals surface area (Å²) in [4.78, 5) is 31.7. The summed E-state index contributed by atoms with van der Waals surface area (Å²) in [5, 5.41) is 12.5. The highest BCUT2D eigenvalue weighted by molar-refractivity contribution is 5.88. The predicted molar refractivity (Wildman–Crippen MR) is 159 cm³/mol. The van der Waals surface area contributed by atoms with Gasteiger partial charge in [0, 0.05) is 37.8 Å². The fourth-order valence-corrected chi connectivity index (χ4v) is 4.98. The molecule has 216 valence electrons. The average molecular weight is 571 g/mol. The van der Waals surface area contributed by atoms with E-state index >= 15 is 4.39 Å². The molecule has 1 aliphatic heterocycles. The van der Waals surface area contributed by atoms with Crippen molar-refractivity contribution in [2.45, 2.75) is 26.3 Å². The fourth-order valence-electron chi connectivity index (χ4n) is 4.98. The minimum atomic E-state index is -0.517. The number of carbonyl (C=O) groups is 1. The molecule has 0 saturated carbocycles. The Morgan fingerprint density at radius 2 is 2.02 bits per heavy atom. The lowest BCUT2D eigenvalue weighted by molar-refractivity contribution is -0.117. The van der Waals surface area contributed by atoms with Crippen LogP contribution in [0.25, 0.3) is 11.0 Å². The Bertz CT molecular complexity index is 1660. The number of nitrogens with one attached hydrogen (secondary N) is 4. The fraction of sp³-hybridized carbons (Fsp3) is 0.276. The summed E-state index contributed by atoms with van der Waals surface area (Å²) in [6.45, 7) is 8.51. The topological polar surface area (TPSA) is 153 Å². The van der Waals surface area contributed by atoms with Crippen LogP contribution in [-0.2, 0) is 4.79 Å². The van der Waals surface area contributed by atoms with Crippen LogP contribution in [0.5, 0.6) is 11.5 Å². The molecule has 13 heteroatoms. The number of amides is 1. The number of halogens is 1. The van der Waals surface area contributed by atoms with Gasteiger partial charge in [0.05, 0.1) is 17.6 Å². The highest BCUT2D eigenvalue weighted by Crippen LogP contribution is 2.36. The molecule has 2 atom stereocenters. The Morgan fingerprint density at radius 3 is 2.79 bits per heavy atom. The lowest BCUT2D eigenvalue weighted by Gasteiger charge is -2.36. The van der Waals surface area contributed by atoms with Gasteiger partial charge in [-0.05, 0) is 49.6 Å². The number of anilines is 4. The molecule has 1 aliphatic rings. The maximum Gasteiger partial charge on any atom is 0.243 e. The van der Waals surface area contributed by atoms with Crippen LogP contribution < -0.4 is 25.6 Å². The molecule has 5 rings (SSSR count). The molecule has 1 amide bonds. The van der Waals surface area contributed by atoms with Crippen LogP contribution in [0.1, 0.15) is 18.9 Å². The van der Waals surface area contributed by atoms with Gasteiger partial charge < -0.3 is 25.6 Å². The Labute approximate surface area is 242 Å². The summed E-state index contributed by atoms with van der Waals surface area (Å²) >= 11 is 0. The maximum atomic E-state index is 15.6. The lowest BCUT2D eigenvalue weighted by atomic mass is 9.96. The van der Waals surface area contributed by atoms with Crippen molar-refractivity contribution in [3.8, 4) is 11.5 Å². The molecule has 2 aromatic carbocycles. The van der Waals surface area contributed by atoms with Crippen molar-refractivity contribution in [2.75, 3.05) is 35.7 Å². The number of carbonyl (C=O) groups excluding carboxylic acids is 1. The molecular weight excluding hydrogens is 539 g/mol. The van der Waals surface area contributed by atoms with Crippen LogP contribution in [0.2, 0.25) is 0 Å². The number of benzene rings is 2. The molecule has 42 heavy (non-hydrogen) atoms. The predicted octanol–water partition coefficient (Wildman–Crippen LogP) is 5.62. The summed E-state index contributed by atoms with van der Waals surface area (Å²) in [5.74, 6) is 1.09. The number of hydrogen-bond acceptors (Lipinski definition) is 11. The molecule has 3 heterocycles. The van der Waals surface area contributed by atoms with Gasteiger partial charge in [0.2, 0.25) is 11.9 Å². The Hall–Kier alpha value is -5.20. The summed E-state index contributed by atoms with van der Waals surface area (Å²) < 4.78 is 21.5. The van der Waals surface area contributed by atoms with Crippen molar-refractivity contribution in [3.63, 3.8) is 0 Å². The van der Waals surface area contributed by atoms with E-state index in [-0.39, 0.29) is 23.2 Å². The number of nitrogens with zero attached hydrogens (tertiary/aromatic N) is 6. The Balaban J connectivity index is 1.40. The van der Waals surface area contributed by atoms with Gasteiger partial charge in [0.25, 0.3) is 0 Å². The SMILES string of the molecule is C=CC(=O)NC1C[C@H](C)CN(c2ncc3ncnc(Nc4ccc(Oc5ccc(NC)c(N=N)c5)c(C)c4F)c3n2)C1. The smallest absolute Gasteiger partial charge is 0.243 e. The van der Waals surface area contributed by atoms with E-state index in [1.165, 1.54) is 12.4 Å². The minimum Gasteiger partial charge on any atom is -0.457 e. The van der Waals surface area contributed by atoms with Gasteiger partial charge in [0.15, 0.2) is 11.6 Å². The van der Waals surface area contributed by atoms with Gasteiger partial charge in [0.1, 0.15) is 34.5 Å². The first-order chi connectivity index (χ1) is 20.3. The number of ether oxygens (including phenoxy) is 1. The molecule has 2 aromatic heterocycles. The van der Waals surface area contributed by atoms with E-state index < -0.39 is 5.82 Å². The van der Waals surface area contributed by atoms with E-state index in [9.17, 15) is 4.79 Å². The minimum absolute atomic E-state index is 0.0739. The van der Waals surface area contributed by atoms with Crippen LogP contribution in [0.15, 0.2) is 60.6 Å². The Kier molecular flexibility index (Phi) is 8.18. The van der Waals surface area contributed by atoms with E-state index in [1.54, 1.807) is 50.5 Å². The van der Waals surface area contributed by atoms with Crippen molar-refractivity contribution in [2.24, 2.45) is 11.0 Å². The highest BCUT2D eigenvalue weighted by atomic mass is 19.1. The van der Waals surface area contributed by atoms with Crippen molar-refractivity contribution in [1.82, 2.24) is 25.3 Å². The van der Waals surface area contributed by atoms with E-state index in [1.807, 2.05) is 4.90 Å². The van der Waals surface area contributed by atoms with Crippen LogP contribution in [0.4, 0.5) is 33.2 Å². The maximum absolute atomic E-state index is 15.6. The van der Waals surface area contributed by atoms with E-state index in [4.69, 9.17) is 15.3 Å². The molecular formula is C29H31FN10O2. The third-order valence-corrected chi connectivity index (χ3v) is 7.02. The largest absolute Gasteiger partial charge is 0.457 e. The zero-order chi connectivity index (χ0) is 29.8. The van der Waals surface area contributed by atoms with E-state index in [0.29, 0.717) is 64.7 Å². The molecule has 4 N–H and O–H groups in total. The second-order valence-electron chi connectivity index (χ2n) is 10.1. The first-order valence-corrected chi connectivity index (χ1v) is 13.4. The van der Waals surface area contributed by atoms with Gasteiger partial charge in [-0.2, -0.15) is 5.11 Å². The van der Waals surface area contributed by atoms with Crippen molar-refractivity contribution >= 4 is 45.8 Å². The monoisotopic (exact) mass is 570 g/mol. The normalized spacial score (nSPS) is 16.5. The van der Waals surface area contributed by atoms with Crippen LogP contribution in [-0.4, -0.2) is 52.0 Å². The molecule has 1 saturated heterocycles. The van der Waals surface area contributed by atoms with Crippen molar-refractivity contribution in [3.05, 3.63) is 66.9 Å². The molecule has 0 spiro atoms. The van der Waals surface area contributed by atoms with Gasteiger partial charge in [-0.3, -0.25) is 4.79 Å². The van der Waals surface area contributed by atoms with Gasteiger partial charge >= 0.3 is 0 Å². The third kappa shape index (κ3) is 5.94. The van der Waals surface area contributed by atoms with Crippen molar-refractivity contribution in [1.29, 1.82) is 5.53 Å². The van der Waals surface area contributed by atoms with Crippen LogP contribution in [0.3, 0.4) is 0 Å². The van der Waals surface area contributed by atoms with Crippen LogP contribution in [0, 0.1) is 24.2 Å². The molecule has 1 fully saturated rings.